The molecule has 4 bridgehead atoms. The summed E-state index contributed by atoms with van der Waals surface area (Å²) in [6.45, 7) is 3.60. The molecule has 0 amide bonds. The molecule has 0 unspecified atom stereocenters. The van der Waals surface area contributed by atoms with E-state index in [1.165, 1.54) is 77.3 Å². The predicted molar refractivity (Wildman–Crippen MR) is 117 cm³/mol. The second kappa shape index (κ2) is 7.89. The van der Waals surface area contributed by atoms with Crippen molar-refractivity contribution in [3.8, 4) is 5.75 Å². The lowest BCUT2D eigenvalue weighted by Crippen LogP contribution is -2.50. The van der Waals surface area contributed by atoms with Crippen LogP contribution in [-0.4, -0.2) is 49.0 Å². The molecule has 1 aromatic carbocycles. The summed E-state index contributed by atoms with van der Waals surface area (Å²) < 4.78 is 7.00. The Morgan fingerprint density at radius 3 is 2.03 bits per heavy atom. The van der Waals surface area contributed by atoms with Crippen LogP contribution in [0, 0.1) is 17.8 Å². The molecule has 3 heteroatoms. The van der Waals surface area contributed by atoms with Crippen LogP contribution >= 0.6 is 0 Å². The summed E-state index contributed by atoms with van der Waals surface area (Å²) in [6, 6.07) is 8.97. The zero-order chi connectivity index (χ0) is 19.9. The van der Waals surface area contributed by atoms with Crippen LogP contribution in [-0.2, 0) is 5.41 Å². The molecule has 4 saturated carbocycles. The summed E-state index contributed by atoms with van der Waals surface area (Å²) in [5.74, 6) is 3.86. The van der Waals surface area contributed by atoms with Crippen molar-refractivity contribution in [2.75, 3.05) is 33.3 Å². The summed E-state index contributed by atoms with van der Waals surface area (Å²) in [5.41, 5.74) is 2.00. The molecule has 1 heterocycles. The van der Waals surface area contributed by atoms with E-state index >= 15 is 0 Å². The van der Waals surface area contributed by atoms with Gasteiger partial charge in [0.25, 0.3) is 0 Å². The highest BCUT2D eigenvalue weighted by molar-refractivity contribution is 5.34. The van der Waals surface area contributed by atoms with E-state index in [9.17, 15) is 5.11 Å². The Morgan fingerprint density at radius 1 is 0.931 bits per heavy atom. The highest BCUT2D eigenvalue weighted by atomic mass is 16.5. The Hall–Kier alpha value is -1.06. The summed E-state index contributed by atoms with van der Waals surface area (Å²) in [7, 11) is 2.30. The van der Waals surface area contributed by atoms with Crippen molar-refractivity contribution in [1.82, 2.24) is 0 Å². The van der Waals surface area contributed by atoms with E-state index in [1.54, 1.807) is 5.56 Å². The number of aliphatic hydroxyl groups is 1. The van der Waals surface area contributed by atoms with Gasteiger partial charge in [0.1, 0.15) is 25.0 Å². The highest BCUT2D eigenvalue weighted by Crippen LogP contribution is 2.60. The van der Waals surface area contributed by atoms with Crippen molar-refractivity contribution in [2.45, 2.75) is 75.7 Å². The van der Waals surface area contributed by atoms with Crippen LogP contribution in [0.25, 0.3) is 0 Å². The number of likely N-dealkylation sites (N-methyl/N-ethyl adjacent to an activating group) is 1. The first-order valence-electron chi connectivity index (χ1n) is 12.3. The molecule has 4 aliphatic carbocycles. The highest BCUT2D eigenvalue weighted by Gasteiger charge is 2.51. The van der Waals surface area contributed by atoms with E-state index < -0.39 is 0 Å². The molecule has 0 radical (unpaired) electrons. The molecule has 0 spiro atoms. The Kier molecular flexibility index (Phi) is 5.41. The molecule has 6 rings (SSSR count). The Balaban J connectivity index is 1.17. The standard InChI is InChI=1S/C26H40NO2/c1-27(10-4-2-3-5-11-27)18-24(28)19-29-25-8-6-23(7-9-25)26-15-20-12-21(16-26)14-22(13-20)17-26/h6-9,20-22,24,28H,2-5,10-19H2,1H3/q+1/t20?,21?,22?,24-,26?/m1/s1. The summed E-state index contributed by atoms with van der Waals surface area (Å²) in [5, 5.41) is 10.6. The van der Waals surface area contributed by atoms with Crippen molar-refractivity contribution in [3.63, 3.8) is 0 Å². The van der Waals surface area contributed by atoms with Crippen LogP contribution in [0.15, 0.2) is 24.3 Å². The average molecular weight is 399 g/mol. The number of likely N-dealkylation sites (tertiary alicyclic amines) is 1. The largest absolute Gasteiger partial charge is 0.491 e. The van der Waals surface area contributed by atoms with E-state index in [0.29, 0.717) is 12.0 Å². The minimum Gasteiger partial charge on any atom is -0.491 e. The molecular formula is C26H40NO2+. The molecule has 1 aliphatic heterocycles. The second-order valence-electron chi connectivity index (χ2n) is 11.4. The third-order valence-electron chi connectivity index (χ3n) is 8.74. The number of nitrogens with zero attached hydrogens (tertiary/aromatic N) is 1. The van der Waals surface area contributed by atoms with E-state index in [2.05, 4.69) is 31.3 Å². The molecule has 1 N–H and O–H groups in total. The molecule has 1 saturated heterocycles. The molecular weight excluding hydrogens is 358 g/mol. The van der Waals surface area contributed by atoms with Gasteiger partial charge in [0.15, 0.2) is 0 Å². The summed E-state index contributed by atoms with van der Waals surface area (Å²) in [4.78, 5) is 0. The molecule has 29 heavy (non-hydrogen) atoms. The first-order chi connectivity index (χ1) is 14.0. The Morgan fingerprint density at radius 2 is 1.48 bits per heavy atom. The smallest absolute Gasteiger partial charge is 0.137 e. The lowest BCUT2D eigenvalue weighted by Gasteiger charge is -2.57. The van der Waals surface area contributed by atoms with E-state index in [4.69, 9.17) is 4.74 Å². The first-order valence-corrected chi connectivity index (χ1v) is 12.3. The van der Waals surface area contributed by atoms with Crippen molar-refractivity contribution in [1.29, 1.82) is 0 Å². The van der Waals surface area contributed by atoms with E-state index in [1.807, 2.05) is 0 Å². The lowest BCUT2D eigenvalue weighted by atomic mass is 9.48. The van der Waals surface area contributed by atoms with Gasteiger partial charge in [0.2, 0.25) is 0 Å². The molecule has 5 aliphatic rings. The molecule has 0 aromatic heterocycles. The van der Waals surface area contributed by atoms with Crippen molar-refractivity contribution < 1.29 is 14.3 Å². The Bertz CT molecular complexity index is 654. The predicted octanol–water partition coefficient (Wildman–Crippen LogP) is 4.91. The van der Waals surface area contributed by atoms with Gasteiger partial charge >= 0.3 is 0 Å². The Labute approximate surface area is 177 Å². The SMILES string of the molecule is C[N+]1(C[C@@H](O)COc2ccc(C34CC5CC(CC(C5)C3)C4)cc2)CCCCCC1. The van der Waals surface area contributed by atoms with Gasteiger partial charge in [-0.3, -0.25) is 0 Å². The van der Waals surface area contributed by atoms with E-state index in [0.717, 1.165) is 34.5 Å². The maximum absolute atomic E-state index is 10.6. The number of quaternary nitrogens is 1. The topological polar surface area (TPSA) is 29.5 Å². The van der Waals surface area contributed by atoms with Crippen molar-refractivity contribution in [3.05, 3.63) is 29.8 Å². The maximum Gasteiger partial charge on any atom is 0.137 e. The average Bonchev–Trinajstić information content (AvgIpc) is 2.90. The summed E-state index contributed by atoms with van der Waals surface area (Å²) in [6.07, 6.45) is 13.6. The van der Waals surface area contributed by atoms with Crippen LogP contribution < -0.4 is 4.74 Å². The molecule has 3 nitrogen and oxygen atoms in total. The zero-order valence-electron chi connectivity index (χ0n) is 18.3. The fraction of sp³-hybridized carbons (Fsp3) is 0.769. The fourth-order valence-corrected chi connectivity index (χ4v) is 7.76. The monoisotopic (exact) mass is 398 g/mol. The summed E-state index contributed by atoms with van der Waals surface area (Å²) >= 11 is 0. The van der Waals surface area contributed by atoms with Gasteiger partial charge in [-0.2, -0.15) is 0 Å². The molecule has 5 fully saturated rings. The zero-order valence-corrected chi connectivity index (χ0v) is 18.3. The minimum absolute atomic E-state index is 0.388. The normalized spacial score (nSPS) is 36.6. The fourth-order valence-electron chi connectivity index (χ4n) is 7.76. The molecule has 1 aromatic rings. The van der Waals surface area contributed by atoms with E-state index in [-0.39, 0.29) is 6.10 Å². The van der Waals surface area contributed by atoms with Gasteiger partial charge in [-0.1, -0.05) is 12.1 Å². The van der Waals surface area contributed by atoms with Gasteiger partial charge in [0.05, 0.1) is 20.1 Å². The number of aliphatic hydroxyl groups excluding tert-OH is 1. The molecule has 1 atom stereocenters. The van der Waals surface area contributed by atoms with Crippen LogP contribution in [0.5, 0.6) is 5.75 Å². The van der Waals surface area contributed by atoms with Gasteiger partial charge in [-0.05, 0) is 105 Å². The van der Waals surface area contributed by atoms with Gasteiger partial charge in [0, 0.05) is 0 Å². The number of benzene rings is 1. The number of ether oxygens (including phenoxy) is 1. The van der Waals surface area contributed by atoms with Crippen molar-refractivity contribution >= 4 is 0 Å². The molecule has 160 valence electrons. The number of hydrogen-bond acceptors (Lipinski definition) is 2. The number of hydrogen-bond donors (Lipinski definition) is 1. The van der Waals surface area contributed by atoms with Gasteiger partial charge in [-0.25, -0.2) is 0 Å². The first kappa shape index (κ1) is 19.9. The van der Waals surface area contributed by atoms with Crippen LogP contribution in [0.3, 0.4) is 0 Å². The van der Waals surface area contributed by atoms with Gasteiger partial charge < -0.3 is 14.3 Å². The van der Waals surface area contributed by atoms with Gasteiger partial charge in [-0.15, -0.1) is 0 Å². The quantitative estimate of drug-likeness (QED) is 0.690. The van der Waals surface area contributed by atoms with Crippen LogP contribution in [0.1, 0.15) is 69.8 Å². The van der Waals surface area contributed by atoms with Crippen LogP contribution in [0.2, 0.25) is 0 Å². The third-order valence-corrected chi connectivity index (χ3v) is 8.74. The third kappa shape index (κ3) is 4.23. The van der Waals surface area contributed by atoms with Crippen LogP contribution in [0.4, 0.5) is 0 Å². The number of rotatable bonds is 6. The maximum atomic E-state index is 10.6. The minimum atomic E-state index is -0.388. The lowest BCUT2D eigenvalue weighted by molar-refractivity contribution is -0.911. The second-order valence-corrected chi connectivity index (χ2v) is 11.4. The van der Waals surface area contributed by atoms with Crippen molar-refractivity contribution in [2.24, 2.45) is 17.8 Å².